The lowest BCUT2D eigenvalue weighted by atomic mass is 10.0. The van der Waals surface area contributed by atoms with Crippen molar-refractivity contribution in [1.82, 2.24) is 0 Å². The van der Waals surface area contributed by atoms with Crippen LogP contribution in [0.25, 0.3) is 0 Å². The molecule has 0 bridgehead atoms. The maximum atomic E-state index is 12.0. The minimum Gasteiger partial charge on any atom is -0.435 e. The Labute approximate surface area is 87.1 Å². The van der Waals surface area contributed by atoms with Crippen LogP contribution in [0.3, 0.4) is 0 Å². The average Bonchev–Trinajstić information content (AvgIpc) is 2.16. The number of halogens is 2. The summed E-state index contributed by atoms with van der Waals surface area (Å²) in [6.07, 6.45) is 0. The van der Waals surface area contributed by atoms with Gasteiger partial charge in [0.05, 0.1) is 11.6 Å². The molecule has 0 fully saturated rings. The second kappa shape index (κ2) is 4.74. The molecule has 1 aromatic carbocycles. The average molecular weight is 211 g/mol. The van der Waals surface area contributed by atoms with Crippen LogP contribution in [-0.4, -0.2) is 6.61 Å². The molecule has 0 N–H and O–H groups in total. The third-order valence-corrected chi connectivity index (χ3v) is 1.95. The number of rotatable bonds is 3. The second-order valence-electron chi connectivity index (χ2n) is 3.44. The molecule has 0 heterocycles. The Kier molecular flexibility index (Phi) is 3.62. The van der Waals surface area contributed by atoms with Gasteiger partial charge in [0.2, 0.25) is 0 Å². The normalized spacial score (nSPS) is 10.5. The van der Waals surface area contributed by atoms with Crippen molar-refractivity contribution < 1.29 is 13.5 Å². The number of ether oxygens (including phenoxy) is 1. The van der Waals surface area contributed by atoms with E-state index in [-0.39, 0.29) is 11.7 Å². The molecule has 0 radical (unpaired) electrons. The molecule has 0 amide bonds. The van der Waals surface area contributed by atoms with E-state index in [0.29, 0.717) is 5.56 Å². The van der Waals surface area contributed by atoms with Crippen LogP contribution in [0, 0.1) is 11.3 Å². The van der Waals surface area contributed by atoms with Gasteiger partial charge in [0.15, 0.2) is 0 Å². The molecule has 0 aliphatic rings. The lowest BCUT2D eigenvalue weighted by Crippen LogP contribution is -2.03. The summed E-state index contributed by atoms with van der Waals surface area (Å²) in [7, 11) is 0. The first kappa shape index (κ1) is 11.4. The Morgan fingerprint density at radius 3 is 2.40 bits per heavy atom. The lowest BCUT2D eigenvalue weighted by Gasteiger charge is -2.09. The summed E-state index contributed by atoms with van der Waals surface area (Å²) in [5.74, 6) is 0.200. The molecule has 0 aliphatic carbocycles. The Hall–Kier alpha value is -1.63. The number of nitrogens with zero attached hydrogens (tertiary/aromatic N) is 1. The van der Waals surface area contributed by atoms with Gasteiger partial charge in [-0.3, -0.25) is 0 Å². The van der Waals surface area contributed by atoms with Crippen LogP contribution in [0.15, 0.2) is 18.2 Å². The number of nitriles is 1. The Morgan fingerprint density at radius 2 is 1.93 bits per heavy atom. The highest BCUT2D eigenvalue weighted by molar-refractivity contribution is 5.41. The molecule has 0 atom stereocenters. The summed E-state index contributed by atoms with van der Waals surface area (Å²) >= 11 is 0. The Morgan fingerprint density at radius 1 is 1.27 bits per heavy atom. The van der Waals surface area contributed by atoms with E-state index in [1.807, 2.05) is 19.9 Å². The van der Waals surface area contributed by atoms with Crippen molar-refractivity contribution in [3.8, 4) is 11.8 Å². The van der Waals surface area contributed by atoms with Crippen molar-refractivity contribution in [2.45, 2.75) is 26.4 Å². The molecule has 0 saturated carbocycles. The summed E-state index contributed by atoms with van der Waals surface area (Å²) in [4.78, 5) is 0. The highest BCUT2D eigenvalue weighted by atomic mass is 19.3. The molecular weight excluding hydrogens is 200 g/mol. The first-order valence-electron chi connectivity index (χ1n) is 4.53. The van der Waals surface area contributed by atoms with E-state index < -0.39 is 6.61 Å². The predicted octanol–water partition coefficient (Wildman–Crippen LogP) is 3.28. The molecule has 0 aromatic heterocycles. The zero-order valence-corrected chi connectivity index (χ0v) is 8.50. The maximum Gasteiger partial charge on any atom is 0.387 e. The summed E-state index contributed by atoms with van der Waals surface area (Å²) in [6.45, 7) is 0.976. The third-order valence-electron chi connectivity index (χ3n) is 1.95. The van der Waals surface area contributed by atoms with Gasteiger partial charge in [0, 0.05) is 0 Å². The molecule has 1 aromatic rings. The van der Waals surface area contributed by atoms with Crippen molar-refractivity contribution in [3.63, 3.8) is 0 Å². The zero-order chi connectivity index (χ0) is 11.4. The number of alkyl halides is 2. The molecule has 1 rings (SSSR count). The van der Waals surface area contributed by atoms with E-state index in [0.717, 1.165) is 5.56 Å². The van der Waals surface area contributed by atoms with Crippen molar-refractivity contribution in [2.24, 2.45) is 0 Å². The van der Waals surface area contributed by atoms with E-state index >= 15 is 0 Å². The van der Waals surface area contributed by atoms with Gasteiger partial charge < -0.3 is 4.74 Å². The summed E-state index contributed by atoms with van der Waals surface area (Å²) in [5.41, 5.74) is 1.14. The lowest BCUT2D eigenvalue weighted by molar-refractivity contribution is -0.0499. The fourth-order valence-electron chi connectivity index (χ4n) is 1.19. The highest BCUT2D eigenvalue weighted by Crippen LogP contribution is 2.23. The molecule has 4 heteroatoms. The van der Waals surface area contributed by atoms with Crippen LogP contribution in [-0.2, 0) is 0 Å². The standard InChI is InChI=1S/C11H11F2NO/c1-7(2)9-3-8(6-14)4-10(5-9)15-11(12)13/h3-5,7,11H,1-2H3. The number of hydrogen-bond acceptors (Lipinski definition) is 2. The minimum absolute atomic E-state index is 0.0350. The first-order valence-corrected chi connectivity index (χ1v) is 4.53. The number of benzene rings is 1. The van der Waals surface area contributed by atoms with Gasteiger partial charge in [0.25, 0.3) is 0 Å². The summed E-state index contributed by atoms with van der Waals surface area (Å²) < 4.78 is 28.2. The third kappa shape index (κ3) is 3.21. The van der Waals surface area contributed by atoms with Crippen LogP contribution >= 0.6 is 0 Å². The molecule has 80 valence electrons. The summed E-state index contributed by atoms with van der Waals surface area (Å²) in [6, 6.07) is 6.41. The fraction of sp³-hybridized carbons (Fsp3) is 0.364. The molecule has 0 saturated heterocycles. The zero-order valence-electron chi connectivity index (χ0n) is 8.50. The largest absolute Gasteiger partial charge is 0.435 e. The van der Waals surface area contributed by atoms with Crippen molar-refractivity contribution in [1.29, 1.82) is 5.26 Å². The maximum absolute atomic E-state index is 12.0. The van der Waals surface area contributed by atoms with Gasteiger partial charge in [-0.15, -0.1) is 0 Å². The Balaban J connectivity index is 3.07. The molecule has 2 nitrogen and oxygen atoms in total. The van der Waals surface area contributed by atoms with Crippen molar-refractivity contribution in [3.05, 3.63) is 29.3 Å². The minimum atomic E-state index is -2.86. The van der Waals surface area contributed by atoms with Crippen LogP contribution in [0.4, 0.5) is 8.78 Å². The molecule has 0 spiro atoms. The monoisotopic (exact) mass is 211 g/mol. The van der Waals surface area contributed by atoms with Crippen molar-refractivity contribution >= 4 is 0 Å². The highest BCUT2D eigenvalue weighted by Gasteiger charge is 2.08. The summed E-state index contributed by atoms with van der Waals surface area (Å²) in [5, 5.41) is 8.71. The number of hydrogen-bond donors (Lipinski definition) is 0. The first-order chi connectivity index (χ1) is 7.02. The molecular formula is C11H11F2NO. The Bertz CT molecular complexity index is 383. The predicted molar refractivity (Wildman–Crippen MR) is 51.9 cm³/mol. The molecule has 0 aliphatic heterocycles. The van der Waals surface area contributed by atoms with Crippen LogP contribution in [0.2, 0.25) is 0 Å². The van der Waals surface area contributed by atoms with Gasteiger partial charge in [0.1, 0.15) is 5.75 Å². The fourth-order valence-corrected chi connectivity index (χ4v) is 1.19. The molecule has 0 unspecified atom stereocenters. The SMILES string of the molecule is CC(C)c1cc(C#N)cc(OC(F)F)c1. The second-order valence-corrected chi connectivity index (χ2v) is 3.44. The van der Waals surface area contributed by atoms with E-state index in [1.165, 1.54) is 12.1 Å². The van der Waals surface area contributed by atoms with Gasteiger partial charge in [-0.1, -0.05) is 13.8 Å². The van der Waals surface area contributed by atoms with Gasteiger partial charge in [-0.05, 0) is 29.7 Å². The van der Waals surface area contributed by atoms with E-state index in [2.05, 4.69) is 4.74 Å². The van der Waals surface area contributed by atoms with E-state index in [4.69, 9.17) is 5.26 Å². The van der Waals surface area contributed by atoms with Crippen molar-refractivity contribution in [2.75, 3.05) is 0 Å². The van der Waals surface area contributed by atoms with Gasteiger partial charge in [-0.25, -0.2) is 0 Å². The van der Waals surface area contributed by atoms with Crippen LogP contribution in [0.5, 0.6) is 5.75 Å². The van der Waals surface area contributed by atoms with Gasteiger partial charge >= 0.3 is 6.61 Å². The van der Waals surface area contributed by atoms with E-state index in [1.54, 1.807) is 6.07 Å². The van der Waals surface area contributed by atoms with E-state index in [9.17, 15) is 8.78 Å². The topological polar surface area (TPSA) is 33.0 Å². The van der Waals surface area contributed by atoms with Crippen LogP contribution in [0.1, 0.15) is 30.9 Å². The van der Waals surface area contributed by atoms with Crippen LogP contribution < -0.4 is 4.74 Å². The smallest absolute Gasteiger partial charge is 0.387 e. The van der Waals surface area contributed by atoms with Gasteiger partial charge in [-0.2, -0.15) is 14.0 Å². The quantitative estimate of drug-likeness (QED) is 0.768. The molecule has 15 heavy (non-hydrogen) atoms.